The lowest BCUT2D eigenvalue weighted by Crippen LogP contribution is -1.98. The van der Waals surface area contributed by atoms with Crippen LogP contribution in [0.5, 0.6) is 23.1 Å². The maximum Gasteiger partial charge on any atom is 0.221 e. The van der Waals surface area contributed by atoms with Gasteiger partial charge in [-0.25, -0.2) is 4.98 Å². The Balaban J connectivity index is 2.11. The number of methoxy groups -OCH3 is 4. The SMILES string of the molecule is COc1cccc(-c2c(-c3ccc(OC)c(OC)c3)nc(OC)c3ccc(C)cc23)c1. The van der Waals surface area contributed by atoms with Gasteiger partial charge in [0.25, 0.3) is 0 Å². The average molecular weight is 415 g/mol. The van der Waals surface area contributed by atoms with Crippen molar-refractivity contribution in [1.29, 1.82) is 0 Å². The van der Waals surface area contributed by atoms with E-state index in [4.69, 9.17) is 23.9 Å². The highest BCUT2D eigenvalue weighted by molar-refractivity contribution is 6.05. The summed E-state index contributed by atoms with van der Waals surface area (Å²) in [4.78, 5) is 4.92. The average Bonchev–Trinajstić information content (AvgIpc) is 2.82. The number of benzene rings is 3. The Morgan fingerprint density at radius 2 is 1.45 bits per heavy atom. The lowest BCUT2D eigenvalue weighted by molar-refractivity contribution is 0.355. The van der Waals surface area contributed by atoms with Crippen LogP contribution in [0.4, 0.5) is 0 Å². The summed E-state index contributed by atoms with van der Waals surface area (Å²) >= 11 is 0. The minimum Gasteiger partial charge on any atom is -0.497 e. The number of pyridine rings is 1. The van der Waals surface area contributed by atoms with E-state index in [1.807, 2.05) is 36.4 Å². The molecule has 31 heavy (non-hydrogen) atoms. The number of hydrogen-bond donors (Lipinski definition) is 0. The van der Waals surface area contributed by atoms with Crippen LogP contribution in [0.1, 0.15) is 5.56 Å². The lowest BCUT2D eigenvalue weighted by atomic mass is 9.93. The van der Waals surface area contributed by atoms with E-state index in [-0.39, 0.29) is 0 Å². The molecule has 158 valence electrons. The van der Waals surface area contributed by atoms with E-state index in [1.54, 1.807) is 28.4 Å². The second kappa shape index (κ2) is 8.56. The molecule has 0 amide bonds. The number of fused-ring (bicyclic) bond motifs is 1. The molecule has 0 N–H and O–H groups in total. The van der Waals surface area contributed by atoms with Gasteiger partial charge in [0.2, 0.25) is 5.88 Å². The zero-order valence-corrected chi connectivity index (χ0v) is 18.4. The summed E-state index contributed by atoms with van der Waals surface area (Å²) in [6.45, 7) is 2.08. The van der Waals surface area contributed by atoms with Gasteiger partial charge < -0.3 is 18.9 Å². The standard InChI is InChI=1S/C26H25NO4/c1-16-9-11-20-21(13-16)24(17-7-6-8-19(14-17)28-2)25(27-26(20)31-5)18-10-12-22(29-3)23(15-18)30-4/h6-15H,1-5H3. The van der Waals surface area contributed by atoms with Crippen molar-refractivity contribution in [2.45, 2.75) is 6.92 Å². The summed E-state index contributed by atoms with van der Waals surface area (Å²) < 4.78 is 22.1. The van der Waals surface area contributed by atoms with Crippen molar-refractivity contribution in [2.75, 3.05) is 28.4 Å². The molecule has 0 fully saturated rings. The first-order valence-corrected chi connectivity index (χ1v) is 9.94. The summed E-state index contributed by atoms with van der Waals surface area (Å²) in [5, 5.41) is 2.01. The summed E-state index contributed by atoms with van der Waals surface area (Å²) in [6.07, 6.45) is 0. The third-order valence-electron chi connectivity index (χ3n) is 5.33. The van der Waals surface area contributed by atoms with E-state index in [1.165, 1.54) is 0 Å². The van der Waals surface area contributed by atoms with Gasteiger partial charge in [-0.05, 0) is 54.3 Å². The van der Waals surface area contributed by atoms with E-state index >= 15 is 0 Å². The fourth-order valence-electron chi connectivity index (χ4n) is 3.82. The van der Waals surface area contributed by atoms with Gasteiger partial charge in [0.1, 0.15) is 5.75 Å². The monoisotopic (exact) mass is 415 g/mol. The molecule has 1 aromatic heterocycles. The third-order valence-corrected chi connectivity index (χ3v) is 5.33. The van der Waals surface area contributed by atoms with Crippen molar-refractivity contribution < 1.29 is 18.9 Å². The predicted octanol–water partition coefficient (Wildman–Crippen LogP) is 5.91. The number of nitrogens with zero attached hydrogens (tertiary/aromatic N) is 1. The topological polar surface area (TPSA) is 49.8 Å². The van der Waals surface area contributed by atoms with Crippen molar-refractivity contribution >= 4 is 10.8 Å². The van der Waals surface area contributed by atoms with Crippen LogP contribution in [0, 0.1) is 6.92 Å². The van der Waals surface area contributed by atoms with Gasteiger partial charge in [0.15, 0.2) is 11.5 Å². The molecular weight excluding hydrogens is 390 g/mol. The van der Waals surface area contributed by atoms with E-state index in [2.05, 4.69) is 31.2 Å². The molecule has 5 nitrogen and oxygen atoms in total. The maximum atomic E-state index is 5.67. The van der Waals surface area contributed by atoms with Crippen LogP contribution in [-0.2, 0) is 0 Å². The smallest absolute Gasteiger partial charge is 0.221 e. The van der Waals surface area contributed by atoms with E-state index in [9.17, 15) is 0 Å². The van der Waals surface area contributed by atoms with Crippen molar-refractivity contribution in [3.05, 3.63) is 66.2 Å². The second-order valence-electron chi connectivity index (χ2n) is 7.20. The largest absolute Gasteiger partial charge is 0.497 e. The number of aryl methyl sites for hydroxylation is 1. The maximum absolute atomic E-state index is 5.67. The molecule has 0 bridgehead atoms. The molecule has 3 aromatic carbocycles. The zero-order chi connectivity index (χ0) is 22.0. The number of hydrogen-bond acceptors (Lipinski definition) is 5. The Morgan fingerprint density at radius 1 is 0.645 bits per heavy atom. The molecule has 1 heterocycles. The third kappa shape index (κ3) is 3.75. The van der Waals surface area contributed by atoms with Crippen LogP contribution in [0.3, 0.4) is 0 Å². The van der Waals surface area contributed by atoms with Crippen LogP contribution in [0.25, 0.3) is 33.2 Å². The summed E-state index contributed by atoms with van der Waals surface area (Å²) in [6, 6.07) is 20.1. The van der Waals surface area contributed by atoms with Gasteiger partial charge >= 0.3 is 0 Å². The molecule has 0 aliphatic heterocycles. The van der Waals surface area contributed by atoms with Gasteiger partial charge in [0.05, 0.1) is 34.1 Å². The minimum atomic E-state index is 0.575. The molecule has 0 atom stereocenters. The van der Waals surface area contributed by atoms with Gasteiger partial charge in [0, 0.05) is 16.5 Å². The fraction of sp³-hybridized carbons (Fsp3) is 0.192. The van der Waals surface area contributed by atoms with Crippen molar-refractivity contribution in [3.63, 3.8) is 0 Å². The van der Waals surface area contributed by atoms with Crippen molar-refractivity contribution in [1.82, 2.24) is 4.98 Å². The van der Waals surface area contributed by atoms with Crippen LogP contribution in [0.2, 0.25) is 0 Å². The molecule has 0 saturated heterocycles. The van der Waals surface area contributed by atoms with Crippen LogP contribution in [0.15, 0.2) is 60.7 Å². The van der Waals surface area contributed by atoms with Crippen LogP contribution < -0.4 is 18.9 Å². The van der Waals surface area contributed by atoms with Crippen molar-refractivity contribution in [2.24, 2.45) is 0 Å². The van der Waals surface area contributed by atoms with Gasteiger partial charge in [-0.2, -0.15) is 0 Å². The summed E-state index contributed by atoms with van der Waals surface area (Å²) in [7, 11) is 6.57. The zero-order valence-electron chi connectivity index (χ0n) is 18.4. The lowest BCUT2D eigenvalue weighted by Gasteiger charge is -2.18. The molecule has 0 saturated carbocycles. The van der Waals surface area contributed by atoms with E-state index < -0.39 is 0 Å². The quantitative estimate of drug-likeness (QED) is 0.392. The van der Waals surface area contributed by atoms with Gasteiger partial charge in [-0.1, -0.05) is 29.8 Å². The Kier molecular flexibility index (Phi) is 5.67. The molecule has 4 aromatic rings. The summed E-state index contributed by atoms with van der Waals surface area (Å²) in [5.74, 6) is 2.67. The Hall–Kier alpha value is -3.73. The molecule has 0 aliphatic carbocycles. The summed E-state index contributed by atoms with van der Waals surface area (Å²) in [5.41, 5.74) is 4.87. The van der Waals surface area contributed by atoms with Gasteiger partial charge in [-0.15, -0.1) is 0 Å². The number of rotatable bonds is 6. The first-order chi connectivity index (χ1) is 15.1. The molecule has 0 spiro atoms. The number of aromatic nitrogens is 1. The van der Waals surface area contributed by atoms with Crippen LogP contribution in [-0.4, -0.2) is 33.4 Å². The highest BCUT2D eigenvalue weighted by Gasteiger charge is 2.19. The molecule has 0 aliphatic rings. The molecule has 5 heteroatoms. The van der Waals surface area contributed by atoms with Crippen molar-refractivity contribution in [3.8, 4) is 45.5 Å². The highest BCUT2D eigenvalue weighted by Crippen LogP contribution is 2.43. The highest BCUT2D eigenvalue weighted by atomic mass is 16.5. The molecule has 4 rings (SSSR count). The Morgan fingerprint density at radius 3 is 2.16 bits per heavy atom. The van der Waals surface area contributed by atoms with E-state index in [0.29, 0.717) is 17.4 Å². The van der Waals surface area contributed by atoms with Crippen LogP contribution >= 0.6 is 0 Å². The molecule has 0 unspecified atom stereocenters. The normalized spacial score (nSPS) is 10.7. The Bertz CT molecular complexity index is 1250. The number of ether oxygens (including phenoxy) is 4. The fourth-order valence-corrected chi connectivity index (χ4v) is 3.82. The first-order valence-electron chi connectivity index (χ1n) is 9.94. The minimum absolute atomic E-state index is 0.575. The Labute approximate surface area is 182 Å². The molecular formula is C26H25NO4. The first kappa shape index (κ1) is 20.5. The van der Waals surface area contributed by atoms with Gasteiger partial charge in [-0.3, -0.25) is 0 Å². The second-order valence-corrected chi connectivity index (χ2v) is 7.20. The molecule has 0 radical (unpaired) electrons. The predicted molar refractivity (Wildman–Crippen MR) is 124 cm³/mol. The van der Waals surface area contributed by atoms with E-state index in [0.717, 1.165) is 44.5 Å².